The summed E-state index contributed by atoms with van der Waals surface area (Å²) in [6, 6.07) is 5.85. The molecule has 0 saturated carbocycles. The van der Waals surface area contributed by atoms with Crippen LogP contribution in [0.2, 0.25) is 5.02 Å². The lowest BCUT2D eigenvalue weighted by Crippen LogP contribution is -1.94. The van der Waals surface area contributed by atoms with E-state index in [2.05, 4.69) is 0 Å². The SMILES string of the molecule is Cc1cc(SCCCC(=O)O)ccc1Cl. The smallest absolute Gasteiger partial charge is 0.303 e. The fraction of sp³-hybridized carbons (Fsp3) is 0.364. The Morgan fingerprint density at radius 1 is 1.53 bits per heavy atom. The van der Waals surface area contributed by atoms with Crippen LogP contribution in [0.4, 0.5) is 0 Å². The van der Waals surface area contributed by atoms with E-state index in [0.29, 0.717) is 6.42 Å². The third kappa shape index (κ3) is 4.58. The summed E-state index contributed by atoms with van der Waals surface area (Å²) in [5, 5.41) is 9.23. The van der Waals surface area contributed by atoms with Crippen molar-refractivity contribution in [3.63, 3.8) is 0 Å². The van der Waals surface area contributed by atoms with Crippen LogP contribution in [-0.2, 0) is 4.79 Å². The third-order valence-electron chi connectivity index (χ3n) is 1.93. The van der Waals surface area contributed by atoms with Gasteiger partial charge in [-0.3, -0.25) is 4.79 Å². The minimum atomic E-state index is -0.733. The molecule has 1 N–H and O–H groups in total. The molecule has 2 nitrogen and oxygen atoms in total. The van der Waals surface area contributed by atoms with Gasteiger partial charge < -0.3 is 5.11 Å². The summed E-state index contributed by atoms with van der Waals surface area (Å²) in [6.07, 6.45) is 0.932. The summed E-state index contributed by atoms with van der Waals surface area (Å²) >= 11 is 7.56. The molecule has 0 radical (unpaired) electrons. The predicted octanol–water partition coefficient (Wildman–Crippen LogP) is 3.61. The van der Waals surface area contributed by atoms with Crippen molar-refractivity contribution in [2.24, 2.45) is 0 Å². The molecule has 0 fully saturated rings. The number of aryl methyl sites for hydroxylation is 1. The van der Waals surface area contributed by atoms with Crippen LogP contribution in [0.3, 0.4) is 0 Å². The summed E-state index contributed by atoms with van der Waals surface area (Å²) < 4.78 is 0. The van der Waals surface area contributed by atoms with E-state index >= 15 is 0 Å². The van der Waals surface area contributed by atoms with Crippen LogP contribution >= 0.6 is 23.4 Å². The molecular weight excluding hydrogens is 232 g/mol. The molecule has 0 heterocycles. The number of carboxylic acids is 1. The number of halogens is 1. The minimum absolute atomic E-state index is 0.236. The molecule has 1 aromatic rings. The largest absolute Gasteiger partial charge is 0.481 e. The first-order valence-electron chi connectivity index (χ1n) is 4.70. The van der Waals surface area contributed by atoms with Crippen LogP contribution in [0, 0.1) is 6.92 Å². The number of benzene rings is 1. The average Bonchev–Trinajstić information content (AvgIpc) is 2.18. The first-order chi connectivity index (χ1) is 7.09. The van der Waals surface area contributed by atoms with Gasteiger partial charge in [-0.25, -0.2) is 0 Å². The Labute approximate surface area is 98.6 Å². The minimum Gasteiger partial charge on any atom is -0.481 e. The van der Waals surface area contributed by atoms with E-state index in [1.54, 1.807) is 11.8 Å². The quantitative estimate of drug-likeness (QED) is 0.635. The zero-order valence-electron chi connectivity index (χ0n) is 8.50. The molecule has 4 heteroatoms. The predicted molar refractivity (Wildman–Crippen MR) is 63.8 cm³/mol. The van der Waals surface area contributed by atoms with Crippen molar-refractivity contribution in [1.29, 1.82) is 0 Å². The van der Waals surface area contributed by atoms with Crippen LogP contribution in [-0.4, -0.2) is 16.8 Å². The monoisotopic (exact) mass is 244 g/mol. The normalized spacial score (nSPS) is 10.3. The van der Waals surface area contributed by atoms with Crippen LogP contribution < -0.4 is 0 Å². The average molecular weight is 245 g/mol. The van der Waals surface area contributed by atoms with Crippen LogP contribution in [0.1, 0.15) is 18.4 Å². The van der Waals surface area contributed by atoms with Gasteiger partial charge in [-0.05, 0) is 42.9 Å². The zero-order valence-corrected chi connectivity index (χ0v) is 10.1. The molecule has 0 aliphatic rings. The summed E-state index contributed by atoms with van der Waals surface area (Å²) in [5.74, 6) is 0.0933. The topological polar surface area (TPSA) is 37.3 Å². The van der Waals surface area contributed by atoms with Gasteiger partial charge in [0.05, 0.1) is 0 Å². The molecule has 15 heavy (non-hydrogen) atoms. The second kappa shape index (κ2) is 6.03. The van der Waals surface area contributed by atoms with E-state index < -0.39 is 5.97 Å². The summed E-state index contributed by atoms with van der Waals surface area (Å²) in [7, 11) is 0. The van der Waals surface area contributed by atoms with Crippen molar-refractivity contribution in [1.82, 2.24) is 0 Å². The molecule has 0 unspecified atom stereocenters. The van der Waals surface area contributed by atoms with Gasteiger partial charge in [0.15, 0.2) is 0 Å². The van der Waals surface area contributed by atoms with Gasteiger partial charge in [-0.1, -0.05) is 11.6 Å². The maximum absolute atomic E-state index is 10.3. The number of thioether (sulfide) groups is 1. The number of hydrogen-bond donors (Lipinski definition) is 1. The molecule has 0 aliphatic heterocycles. The molecule has 0 aliphatic carbocycles. The Kier molecular flexibility index (Phi) is 4.99. The highest BCUT2D eigenvalue weighted by Crippen LogP contribution is 2.24. The van der Waals surface area contributed by atoms with Crippen molar-refractivity contribution >= 4 is 29.3 Å². The maximum atomic E-state index is 10.3. The number of aliphatic carboxylic acids is 1. The lowest BCUT2D eigenvalue weighted by atomic mass is 10.2. The van der Waals surface area contributed by atoms with Gasteiger partial charge in [-0.2, -0.15) is 0 Å². The lowest BCUT2D eigenvalue weighted by Gasteiger charge is -2.03. The number of carboxylic acid groups (broad SMARTS) is 1. The molecule has 0 saturated heterocycles. The Bertz CT molecular complexity index is 352. The Hall–Kier alpha value is -0.670. The highest BCUT2D eigenvalue weighted by molar-refractivity contribution is 7.99. The Morgan fingerprint density at radius 2 is 2.27 bits per heavy atom. The number of rotatable bonds is 5. The van der Waals surface area contributed by atoms with Gasteiger partial charge in [0.25, 0.3) is 0 Å². The highest BCUT2D eigenvalue weighted by atomic mass is 35.5. The van der Waals surface area contributed by atoms with E-state index in [9.17, 15) is 4.79 Å². The number of hydrogen-bond acceptors (Lipinski definition) is 2. The zero-order chi connectivity index (χ0) is 11.3. The van der Waals surface area contributed by atoms with Crippen molar-refractivity contribution in [3.8, 4) is 0 Å². The molecule has 82 valence electrons. The highest BCUT2D eigenvalue weighted by Gasteiger charge is 2.00. The Balaban J connectivity index is 2.38. The van der Waals surface area contributed by atoms with Gasteiger partial charge in [0.1, 0.15) is 0 Å². The molecule has 1 aromatic carbocycles. The molecule has 0 atom stereocenters. The van der Waals surface area contributed by atoms with Gasteiger partial charge in [-0.15, -0.1) is 11.8 Å². The van der Waals surface area contributed by atoms with Crippen molar-refractivity contribution < 1.29 is 9.90 Å². The summed E-state index contributed by atoms with van der Waals surface area (Å²) in [5.41, 5.74) is 1.06. The fourth-order valence-corrected chi connectivity index (χ4v) is 2.19. The van der Waals surface area contributed by atoms with E-state index in [4.69, 9.17) is 16.7 Å². The lowest BCUT2D eigenvalue weighted by molar-refractivity contribution is -0.137. The summed E-state index contributed by atoms with van der Waals surface area (Å²) in [6.45, 7) is 1.96. The molecular formula is C11H13ClO2S. The van der Waals surface area contributed by atoms with E-state index in [0.717, 1.165) is 21.2 Å². The van der Waals surface area contributed by atoms with Crippen LogP contribution in [0.15, 0.2) is 23.1 Å². The van der Waals surface area contributed by atoms with E-state index in [1.165, 1.54) is 0 Å². The molecule has 0 spiro atoms. The standard InChI is InChI=1S/C11H13ClO2S/c1-8-7-9(4-5-10(8)12)15-6-2-3-11(13)14/h4-5,7H,2-3,6H2,1H3,(H,13,14). The molecule has 1 rings (SSSR count). The van der Waals surface area contributed by atoms with E-state index in [1.807, 2.05) is 25.1 Å². The van der Waals surface area contributed by atoms with Crippen LogP contribution in [0.5, 0.6) is 0 Å². The Morgan fingerprint density at radius 3 is 2.87 bits per heavy atom. The first kappa shape index (κ1) is 12.4. The van der Waals surface area contributed by atoms with E-state index in [-0.39, 0.29) is 6.42 Å². The summed E-state index contributed by atoms with van der Waals surface area (Å²) in [4.78, 5) is 11.4. The van der Waals surface area contributed by atoms with Gasteiger partial charge in [0.2, 0.25) is 0 Å². The van der Waals surface area contributed by atoms with Crippen molar-refractivity contribution in [3.05, 3.63) is 28.8 Å². The fourth-order valence-electron chi connectivity index (χ4n) is 1.12. The van der Waals surface area contributed by atoms with Crippen molar-refractivity contribution in [2.45, 2.75) is 24.7 Å². The molecule has 0 aromatic heterocycles. The molecule has 0 bridgehead atoms. The second-order valence-electron chi connectivity index (χ2n) is 3.26. The number of carbonyl (C=O) groups is 1. The molecule has 0 amide bonds. The third-order valence-corrected chi connectivity index (χ3v) is 3.44. The van der Waals surface area contributed by atoms with Crippen molar-refractivity contribution in [2.75, 3.05) is 5.75 Å². The maximum Gasteiger partial charge on any atom is 0.303 e. The first-order valence-corrected chi connectivity index (χ1v) is 6.06. The van der Waals surface area contributed by atoms with Crippen LogP contribution in [0.25, 0.3) is 0 Å². The second-order valence-corrected chi connectivity index (χ2v) is 4.83. The van der Waals surface area contributed by atoms with Gasteiger partial charge in [0, 0.05) is 16.3 Å². The van der Waals surface area contributed by atoms with Gasteiger partial charge >= 0.3 is 5.97 Å².